The molecule has 0 saturated carbocycles. The third-order valence-corrected chi connectivity index (χ3v) is 6.50. The first kappa shape index (κ1) is 18.7. The second-order valence-electron chi connectivity index (χ2n) is 8.16. The van der Waals surface area contributed by atoms with E-state index in [9.17, 15) is 9.59 Å². The molecule has 2 aliphatic rings. The molecule has 0 unspecified atom stereocenters. The molecule has 1 fully saturated rings. The van der Waals surface area contributed by atoms with Crippen molar-refractivity contribution in [2.24, 2.45) is 0 Å². The summed E-state index contributed by atoms with van der Waals surface area (Å²) in [6.07, 6.45) is 0.486. The van der Waals surface area contributed by atoms with Gasteiger partial charge in [-0.1, -0.05) is 48.5 Å². The number of carbonyl (C=O) groups excluding carboxylic acids is 2. The lowest BCUT2D eigenvalue weighted by Gasteiger charge is -2.36. The summed E-state index contributed by atoms with van der Waals surface area (Å²) in [6.45, 7) is 0. The van der Waals surface area contributed by atoms with Gasteiger partial charge in [0.25, 0.3) is 5.91 Å². The van der Waals surface area contributed by atoms with E-state index in [1.807, 2.05) is 48.5 Å². The largest absolute Gasteiger partial charge is 0.497 e. The van der Waals surface area contributed by atoms with Gasteiger partial charge in [0.05, 0.1) is 12.8 Å². The van der Waals surface area contributed by atoms with E-state index in [4.69, 9.17) is 4.74 Å². The number of para-hydroxylation sites is 1. The molecule has 0 aliphatic carbocycles. The molecule has 3 amide bonds. The Bertz CT molecular complexity index is 1340. The minimum absolute atomic E-state index is 0.197. The van der Waals surface area contributed by atoms with Crippen LogP contribution in [0.4, 0.5) is 10.5 Å². The molecule has 1 N–H and O–H groups in total. The van der Waals surface area contributed by atoms with Crippen LogP contribution in [0.25, 0.3) is 10.9 Å². The Morgan fingerprint density at radius 2 is 1.62 bits per heavy atom. The van der Waals surface area contributed by atoms with Crippen LogP contribution >= 0.6 is 0 Å². The first-order chi connectivity index (χ1) is 15.7. The van der Waals surface area contributed by atoms with E-state index < -0.39 is 6.04 Å². The zero-order chi connectivity index (χ0) is 21.8. The van der Waals surface area contributed by atoms with E-state index in [0.29, 0.717) is 17.9 Å². The number of urea groups is 1. The van der Waals surface area contributed by atoms with Crippen LogP contribution in [-0.4, -0.2) is 35.0 Å². The van der Waals surface area contributed by atoms with Crippen LogP contribution in [0.1, 0.15) is 22.9 Å². The number of hydrogen-bond donors (Lipinski definition) is 1. The maximum atomic E-state index is 13.7. The molecule has 3 aromatic carbocycles. The van der Waals surface area contributed by atoms with Crippen LogP contribution in [0.15, 0.2) is 78.9 Å². The number of methoxy groups -OCH3 is 1. The van der Waals surface area contributed by atoms with Crippen molar-refractivity contribution < 1.29 is 14.3 Å². The number of H-pyrrole nitrogens is 1. The number of aromatic nitrogens is 1. The van der Waals surface area contributed by atoms with Crippen LogP contribution in [0.5, 0.6) is 5.75 Å². The number of rotatable bonds is 3. The second kappa shape index (κ2) is 6.99. The summed E-state index contributed by atoms with van der Waals surface area (Å²) in [5.41, 5.74) is 4.63. The van der Waals surface area contributed by atoms with Gasteiger partial charge in [-0.05, 0) is 41.5 Å². The van der Waals surface area contributed by atoms with Crippen molar-refractivity contribution >= 4 is 28.5 Å². The Balaban J connectivity index is 1.51. The van der Waals surface area contributed by atoms with Crippen LogP contribution in [0.2, 0.25) is 0 Å². The van der Waals surface area contributed by atoms with Crippen molar-refractivity contribution in [3.05, 3.63) is 95.7 Å². The maximum Gasteiger partial charge on any atom is 0.332 e. The first-order valence-electron chi connectivity index (χ1n) is 10.6. The minimum atomic E-state index is -0.554. The number of benzene rings is 3. The summed E-state index contributed by atoms with van der Waals surface area (Å²) in [6, 6.07) is 23.8. The smallest absolute Gasteiger partial charge is 0.332 e. The summed E-state index contributed by atoms with van der Waals surface area (Å²) >= 11 is 0. The molecule has 6 heteroatoms. The monoisotopic (exact) mass is 423 g/mol. The zero-order valence-corrected chi connectivity index (χ0v) is 17.5. The van der Waals surface area contributed by atoms with E-state index in [1.165, 1.54) is 4.90 Å². The molecule has 2 aliphatic heterocycles. The molecule has 0 bridgehead atoms. The van der Waals surface area contributed by atoms with Gasteiger partial charge in [0.1, 0.15) is 17.8 Å². The number of anilines is 1. The number of hydrogen-bond acceptors (Lipinski definition) is 3. The number of ether oxygens (including phenoxy) is 1. The Hall–Kier alpha value is -4.06. The molecule has 1 saturated heterocycles. The second-order valence-corrected chi connectivity index (χ2v) is 8.16. The quantitative estimate of drug-likeness (QED) is 0.488. The number of aromatic amines is 1. The predicted molar refractivity (Wildman–Crippen MR) is 122 cm³/mol. The Labute approximate surface area is 185 Å². The van der Waals surface area contributed by atoms with Crippen molar-refractivity contribution in [2.45, 2.75) is 18.5 Å². The van der Waals surface area contributed by atoms with Crippen LogP contribution in [-0.2, 0) is 11.2 Å². The lowest BCUT2D eigenvalue weighted by Crippen LogP contribution is -2.44. The van der Waals surface area contributed by atoms with Crippen molar-refractivity contribution in [2.75, 3.05) is 12.0 Å². The highest BCUT2D eigenvalue weighted by molar-refractivity contribution is 6.22. The standard InChI is InChI=1S/C26H21N3O3/c1-32-18-13-11-17(12-14-18)28-25(30)22-15-20-19-9-5-6-10-21(19)27-23(20)24(29(22)26(28)31)16-7-3-2-4-8-16/h2-14,22,24,27H,15H2,1H3/t22-,24-/m0/s1. The van der Waals surface area contributed by atoms with Gasteiger partial charge in [0, 0.05) is 23.0 Å². The molecule has 3 heterocycles. The fourth-order valence-corrected chi connectivity index (χ4v) is 5.03. The molecule has 0 radical (unpaired) electrons. The Morgan fingerprint density at radius 3 is 2.38 bits per heavy atom. The number of fused-ring (bicyclic) bond motifs is 4. The molecule has 0 spiro atoms. The number of carbonyl (C=O) groups is 2. The van der Waals surface area contributed by atoms with Gasteiger partial charge in [-0.2, -0.15) is 0 Å². The predicted octanol–water partition coefficient (Wildman–Crippen LogP) is 4.66. The first-order valence-corrected chi connectivity index (χ1v) is 10.6. The third-order valence-electron chi connectivity index (χ3n) is 6.50. The topological polar surface area (TPSA) is 65.6 Å². The number of imide groups is 1. The van der Waals surface area contributed by atoms with Gasteiger partial charge >= 0.3 is 6.03 Å². The maximum absolute atomic E-state index is 13.7. The van der Waals surface area contributed by atoms with Gasteiger partial charge in [-0.15, -0.1) is 0 Å². The van der Waals surface area contributed by atoms with E-state index in [1.54, 1.807) is 36.3 Å². The fraction of sp³-hybridized carbons (Fsp3) is 0.154. The summed E-state index contributed by atoms with van der Waals surface area (Å²) in [4.78, 5) is 33.8. The van der Waals surface area contributed by atoms with Crippen molar-refractivity contribution in [1.29, 1.82) is 0 Å². The van der Waals surface area contributed by atoms with Crippen LogP contribution < -0.4 is 9.64 Å². The van der Waals surface area contributed by atoms with Gasteiger partial charge < -0.3 is 9.72 Å². The average Bonchev–Trinajstić information content (AvgIpc) is 3.33. The molecule has 1 aromatic heterocycles. The van der Waals surface area contributed by atoms with E-state index >= 15 is 0 Å². The molecule has 4 aromatic rings. The highest BCUT2D eigenvalue weighted by Crippen LogP contribution is 2.44. The van der Waals surface area contributed by atoms with Gasteiger partial charge in [-0.25, -0.2) is 9.69 Å². The molecule has 2 atom stereocenters. The third kappa shape index (κ3) is 2.59. The normalized spacial score (nSPS) is 19.9. The number of nitrogens with zero attached hydrogens (tertiary/aromatic N) is 2. The molecular weight excluding hydrogens is 402 g/mol. The zero-order valence-electron chi connectivity index (χ0n) is 17.5. The molecule has 6 rings (SSSR count). The van der Waals surface area contributed by atoms with E-state index in [0.717, 1.165) is 27.7 Å². The van der Waals surface area contributed by atoms with E-state index in [-0.39, 0.29) is 18.0 Å². The van der Waals surface area contributed by atoms with Crippen LogP contribution in [0, 0.1) is 0 Å². The highest BCUT2D eigenvalue weighted by atomic mass is 16.5. The average molecular weight is 423 g/mol. The SMILES string of the molecule is COc1ccc(N2C(=O)[C@@H]3Cc4c([nH]c5ccccc45)[C@H](c4ccccc4)N3C2=O)cc1. The summed E-state index contributed by atoms with van der Waals surface area (Å²) < 4.78 is 5.22. The van der Waals surface area contributed by atoms with Gasteiger partial charge in [0.15, 0.2) is 0 Å². The molecule has 158 valence electrons. The molecular formula is C26H21N3O3. The summed E-state index contributed by atoms with van der Waals surface area (Å²) in [5, 5.41) is 1.10. The number of amides is 3. The number of nitrogens with one attached hydrogen (secondary N) is 1. The van der Waals surface area contributed by atoms with Crippen molar-refractivity contribution in [1.82, 2.24) is 9.88 Å². The lowest BCUT2D eigenvalue weighted by atomic mass is 9.89. The van der Waals surface area contributed by atoms with Crippen molar-refractivity contribution in [3.8, 4) is 5.75 Å². The summed E-state index contributed by atoms with van der Waals surface area (Å²) in [7, 11) is 1.59. The Kier molecular flexibility index (Phi) is 4.08. The Morgan fingerprint density at radius 1 is 0.906 bits per heavy atom. The van der Waals surface area contributed by atoms with Crippen LogP contribution in [0.3, 0.4) is 0 Å². The lowest BCUT2D eigenvalue weighted by molar-refractivity contribution is -0.120. The van der Waals surface area contributed by atoms with Gasteiger partial charge in [-0.3, -0.25) is 9.69 Å². The van der Waals surface area contributed by atoms with Crippen molar-refractivity contribution in [3.63, 3.8) is 0 Å². The molecule has 32 heavy (non-hydrogen) atoms. The summed E-state index contributed by atoms with van der Waals surface area (Å²) in [5.74, 6) is 0.478. The highest BCUT2D eigenvalue weighted by Gasteiger charge is 2.53. The molecule has 6 nitrogen and oxygen atoms in total. The fourth-order valence-electron chi connectivity index (χ4n) is 5.03. The van der Waals surface area contributed by atoms with Gasteiger partial charge in [0.2, 0.25) is 0 Å². The van der Waals surface area contributed by atoms with E-state index in [2.05, 4.69) is 11.1 Å². The minimum Gasteiger partial charge on any atom is -0.497 e.